The minimum atomic E-state index is -0.653. The molecule has 19 heavy (non-hydrogen) atoms. The van der Waals surface area contributed by atoms with Crippen LogP contribution in [0.25, 0.3) is 0 Å². The van der Waals surface area contributed by atoms with E-state index in [0.717, 1.165) is 31.5 Å². The van der Waals surface area contributed by atoms with Gasteiger partial charge in [0.2, 0.25) is 5.91 Å². The van der Waals surface area contributed by atoms with E-state index in [2.05, 4.69) is 5.32 Å². The molecule has 4 nitrogen and oxygen atoms in total. The monoisotopic (exact) mass is 262 g/mol. The lowest BCUT2D eigenvalue weighted by Crippen LogP contribution is -2.49. The van der Waals surface area contributed by atoms with Crippen LogP contribution in [0.3, 0.4) is 0 Å². The van der Waals surface area contributed by atoms with Gasteiger partial charge in [-0.3, -0.25) is 4.79 Å². The Kier molecular flexibility index (Phi) is 4.43. The third-order valence-corrected chi connectivity index (χ3v) is 3.74. The van der Waals surface area contributed by atoms with Crippen molar-refractivity contribution in [3.63, 3.8) is 0 Å². The van der Waals surface area contributed by atoms with Crippen molar-refractivity contribution in [1.29, 1.82) is 0 Å². The number of anilines is 1. The van der Waals surface area contributed by atoms with Crippen LogP contribution in [-0.2, 0) is 4.79 Å². The summed E-state index contributed by atoms with van der Waals surface area (Å²) in [7, 11) is 0. The average Bonchev–Trinajstić information content (AvgIpc) is 2.41. The molecule has 0 spiro atoms. The van der Waals surface area contributed by atoms with Crippen LogP contribution >= 0.6 is 0 Å². The van der Waals surface area contributed by atoms with Gasteiger partial charge in [0.15, 0.2) is 0 Å². The zero-order valence-electron chi connectivity index (χ0n) is 11.4. The maximum Gasteiger partial charge on any atom is 0.239 e. The van der Waals surface area contributed by atoms with Crippen molar-refractivity contribution in [3.05, 3.63) is 30.3 Å². The smallest absolute Gasteiger partial charge is 0.239 e. The molecule has 0 radical (unpaired) electrons. The number of hydrogen-bond donors (Lipinski definition) is 2. The fourth-order valence-corrected chi connectivity index (χ4v) is 2.28. The average molecular weight is 262 g/mol. The molecule has 4 heteroatoms. The minimum absolute atomic E-state index is 0.0361. The summed E-state index contributed by atoms with van der Waals surface area (Å²) in [6.45, 7) is 3.51. The van der Waals surface area contributed by atoms with Crippen LogP contribution in [-0.4, -0.2) is 36.2 Å². The molecule has 0 bridgehead atoms. The lowest BCUT2D eigenvalue weighted by atomic mass is 9.80. The highest BCUT2D eigenvalue weighted by molar-refractivity contribution is 5.81. The summed E-state index contributed by atoms with van der Waals surface area (Å²) in [6.07, 6.45) is 2.64. The molecule has 1 aromatic carbocycles. The van der Waals surface area contributed by atoms with Crippen molar-refractivity contribution >= 4 is 11.6 Å². The third-order valence-electron chi connectivity index (χ3n) is 3.74. The second-order valence-electron chi connectivity index (χ2n) is 5.20. The number of rotatable bonds is 6. The first kappa shape index (κ1) is 13.9. The van der Waals surface area contributed by atoms with Gasteiger partial charge in [0.1, 0.15) is 0 Å². The van der Waals surface area contributed by atoms with Gasteiger partial charge >= 0.3 is 0 Å². The van der Waals surface area contributed by atoms with Crippen molar-refractivity contribution in [3.8, 4) is 0 Å². The van der Waals surface area contributed by atoms with E-state index in [1.807, 2.05) is 42.2 Å². The Morgan fingerprint density at radius 3 is 2.58 bits per heavy atom. The molecule has 2 rings (SSSR count). The van der Waals surface area contributed by atoms with Crippen LogP contribution in [0.15, 0.2) is 30.3 Å². The zero-order chi connectivity index (χ0) is 13.7. The van der Waals surface area contributed by atoms with Crippen LogP contribution in [0.2, 0.25) is 0 Å². The van der Waals surface area contributed by atoms with Crippen LogP contribution in [0, 0.1) is 0 Å². The highest BCUT2D eigenvalue weighted by Gasteiger charge is 2.34. The fraction of sp³-hybridized carbons (Fsp3) is 0.533. The van der Waals surface area contributed by atoms with E-state index in [-0.39, 0.29) is 5.91 Å². The first-order valence-corrected chi connectivity index (χ1v) is 6.92. The molecule has 0 atom stereocenters. The summed E-state index contributed by atoms with van der Waals surface area (Å²) in [4.78, 5) is 13.9. The fourth-order valence-electron chi connectivity index (χ4n) is 2.28. The van der Waals surface area contributed by atoms with Crippen LogP contribution in [0.1, 0.15) is 26.2 Å². The molecular formula is C15H22N2O2. The minimum Gasteiger partial charge on any atom is -0.388 e. The second kappa shape index (κ2) is 6.06. The maximum absolute atomic E-state index is 11.9. The Hall–Kier alpha value is -1.55. The second-order valence-corrected chi connectivity index (χ2v) is 5.20. The van der Waals surface area contributed by atoms with E-state index in [4.69, 9.17) is 0 Å². The van der Waals surface area contributed by atoms with Crippen LogP contribution in [0.5, 0.6) is 0 Å². The standard InChI is InChI=1S/C15H22N2O2/c1-2-17(13-7-4-3-5-8-13)11-14(18)16-12-15(19)9-6-10-15/h3-5,7-8,19H,2,6,9-12H2,1H3,(H,16,18). The SMILES string of the molecule is CCN(CC(=O)NCC1(O)CCC1)c1ccccc1. The molecule has 2 N–H and O–H groups in total. The Labute approximate surface area is 114 Å². The van der Waals surface area contributed by atoms with E-state index < -0.39 is 5.60 Å². The lowest BCUT2D eigenvalue weighted by Gasteiger charge is -2.36. The molecule has 0 unspecified atom stereocenters. The van der Waals surface area contributed by atoms with E-state index in [9.17, 15) is 9.90 Å². The number of para-hydroxylation sites is 1. The van der Waals surface area contributed by atoms with E-state index in [0.29, 0.717) is 13.1 Å². The zero-order valence-corrected chi connectivity index (χ0v) is 11.4. The van der Waals surface area contributed by atoms with Crippen molar-refractivity contribution in [2.75, 3.05) is 24.5 Å². The number of aliphatic hydroxyl groups is 1. The highest BCUT2D eigenvalue weighted by atomic mass is 16.3. The van der Waals surface area contributed by atoms with Gasteiger partial charge in [0.05, 0.1) is 12.1 Å². The quantitative estimate of drug-likeness (QED) is 0.817. The molecule has 104 valence electrons. The number of carbonyl (C=O) groups is 1. The van der Waals surface area contributed by atoms with Crippen LogP contribution in [0.4, 0.5) is 5.69 Å². The number of benzene rings is 1. The molecule has 1 aliphatic carbocycles. The third kappa shape index (κ3) is 3.70. The molecule has 0 heterocycles. The summed E-state index contributed by atoms with van der Waals surface area (Å²) in [5, 5.41) is 12.8. The number of nitrogens with zero attached hydrogens (tertiary/aromatic N) is 1. The largest absolute Gasteiger partial charge is 0.388 e. The predicted molar refractivity (Wildman–Crippen MR) is 76.1 cm³/mol. The van der Waals surface area contributed by atoms with E-state index >= 15 is 0 Å². The topological polar surface area (TPSA) is 52.6 Å². The number of amides is 1. The van der Waals surface area contributed by atoms with Gasteiger partial charge in [-0.15, -0.1) is 0 Å². The summed E-state index contributed by atoms with van der Waals surface area (Å²) >= 11 is 0. The maximum atomic E-state index is 11.9. The Balaban J connectivity index is 1.83. The Bertz CT molecular complexity index is 415. The highest BCUT2D eigenvalue weighted by Crippen LogP contribution is 2.30. The molecule has 1 saturated carbocycles. The van der Waals surface area contributed by atoms with E-state index in [1.54, 1.807) is 0 Å². The Morgan fingerprint density at radius 2 is 2.05 bits per heavy atom. The predicted octanol–water partition coefficient (Wildman–Crippen LogP) is 1.54. The van der Waals surface area contributed by atoms with Crippen molar-refractivity contribution in [2.45, 2.75) is 31.8 Å². The molecular weight excluding hydrogens is 240 g/mol. The van der Waals surface area contributed by atoms with Crippen molar-refractivity contribution in [1.82, 2.24) is 5.32 Å². The molecule has 1 fully saturated rings. The first-order chi connectivity index (χ1) is 9.13. The van der Waals surface area contributed by atoms with Crippen molar-refractivity contribution < 1.29 is 9.90 Å². The Morgan fingerprint density at radius 1 is 1.37 bits per heavy atom. The van der Waals surface area contributed by atoms with Gasteiger partial charge in [0.25, 0.3) is 0 Å². The van der Waals surface area contributed by atoms with Gasteiger partial charge in [-0.1, -0.05) is 18.2 Å². The van der Waals surface area contributed by atoms with Gasteiger partial charge in [-0.25, -0.2) is 0 Å². The van der Waals surface area contributed by atoms with E-state index in [1.165, 1.54) is 0 Å². The molecule has 0 aromatic heterocycles. The lowest BCUT2D eigenvalue weighted by molar-refractivity contribution is -0.122. The number of nitrogens with one attached hydrogen (secondary N) is 1. The number of carbonyl (C=O) groups excluding carboxylic acids is 1. The number of likely N-dealkylation sites (N-methyl/N-ethyl adjacent to an activating group) is 1. The summed E-state index contributed by atoms with van der Waals surface area (Å²) in [5.74, 6) is -0.0361. The molecule has 0 aliphatic heterocycles. The van der Waals surface area contributed by atoms with Gasteiger partial charge in [-0.05, 0) is 38.3 Å². The van der Waals surface area contributed by atoms with Crippen LogP contribution < -0.4 is 10.2 Å². The number of hydrogen-bond acceptors (Lipinski definition) is 3. The normalized spacial score (nSPS) is 16.5. The van der Waals surface area contributed by atoms with Crippen molar-refractivity contribution in [2.24, 2.45) is 0 Å². The summed E-state index contributed by atoms with van der Waals surface area (Å²) in [5.41, 5.74) is 0.391. The first-order valence-electron chi connectivity index (χ1n) is 6.92. The molecule has 1 amide bonds. The molecule has 0 saturated heterocycles. The van der Waals surface area contributed by atoms with Gasteiger partial charge < -0.3 is 15.3 Å². The van der Waals surface area contributed by atoms with Gasteiger partial charge in [-0.2, -0.15) is 0 Å². The summed E-state index contributed by atoms with van der Waals surface area (Å²) < 4.78 is 0. The van der Waals surface area contributed by atoms with Gasteiger partial charge in [0, 0.05) is 18.8 Å². The molecule has 1 aliphatic rings. The summed E-state index contributed by atoms with van der Waals surface area (Å²) in [6, 6.07) is 9.88. The molecule has 1 aromatic rings.